The highest BCUT2D eigenvalue weighted by Crippen LogP contribution is 2.27. The SMILES string of the molecule is CNC(=O)CN(C)c1n[nH]c2ccc(-c3ccn[nH]3)cc12. The van der Waals surface area contributed by atoms with Gasteiger partial charge in [0.25, 0.3) is 0 Å². The number of aromatic amines is 2. The average Bonchev–Trinajstić information content (AvgIpc) is 3.15. The predicted octanol–water partition coefficient (Wildman–Crippen LogP) is 1.14. The summed E-state index contributed by atoms with van der Waals surface area (Å²) in [4.78, 5) is 13.3. The molecule has 1 amide bonds. The Bertz CT molecular complexity index is 761. The van der Waals surface area contributed by atoms with E-state index in [0.29, 0.717) is 0 Å². The Morgan fingerprint density at radius 2 is 2.19 bits per heavy atom. The van der Waals surface area contributed by atoms with Crippen molar-refractivity contribution in [3.63, 3.8) is 0 Å². The highest BCUT2D eigenvalue weighted by molar-refractivity contribution is 5.94. The molecule has 0 aliphatic heterocycles. The topological polar surface area (TPSA) is 89.7 Å². The van der Waals surface area contributed by atoms with Gasteiger partial charge in [-0.15, -0.1) is 0 Å². The third-order valence-electron chi connectivity index (χ3n) is 3.38. The van der Waals surface area contributed by atoms with Crippen molar-refractivity contribution in [3.05, 3.63) is 30.5 Å². The van der Waals surface area contributed by atoms with Crippen molar-refractivity contribution in [2.24, 2.45) is 0 Å². The Morgan fingerprint density at radius 1 is 1.33 bits per heavy atom. The third-order valence-corrected chi connectivity index (χ3v) is 3.38. The van der Waals surface area contributed by atoms with Gasteiger partial charge in [0.1, 0.15) is 0 Å². The lowest BCUT2D eigenvalue weighted by Gasteiger charge is -2.15. The van der Waals surface area contributed by atoms with Crippen LogP contribution >= 0.6 is 0 Å². The number of carbonyl (C=O) groups is 1. The molecule has 3 N–H and O–H groups in total. The molecule has 0 unspecified atom stereocenters. The van der Waals surface area contributed by atoms with Gasteiger partial charge in [0.2, 0.25) is 5.91 Å². The number of likely N-dealkylation sites (N-methyl/N-ethyl adjacent to an activating group) is 2. The van der Waals surface area contributed by atoms with Crippen LogP contribution in [-0.2, 0) is 4.79 Å². The molecule has 0 fully saturated rings. The highest BCUT2D eigenvalue weighted by Gasteiger charge is 2.13. The van der Waals surface area contributed by atoms with Crippen molar-refractivity contribution >= 4 is 22.6 Å². The van der Waals surface area contributed by atoms with Crippen molar-refractivity contribution in [3.8, 4) is 11.3 Å². The van der Waals surface area contributed by atoms with Gasteiger partial charge in [-0.2, -0.15) is 10.2 Å². The standard InChI is InChI=1S/C14H16N6O/c1-15-13(21)8-20(2)14-10-7-9(11-5-6-16-17-11)3-4-12(10)18-19-14/h3-7H,8H2,1-2H3,(H,15,21)(H,16,17)(H,18,19). The monoisotopic (exact) mass is 284 g/mol. The number of hydrogen-bond acceptors (Lipinski definition) is 4. The van der Waals surface area contributed by atoms with E-state index in [0.717, 1.165) is 28.0 Å². The summed E-state index contributed by atoms with van der Waals surface area (Å²) in [5.74, 6) is 0.688. The summed E-state index contributed by atoms with van der Waals surface area (Å²) in [6.45, 7) is 0.255. The Hall–Kier alpha value is -2.83. The molecule has 3 rings (SSSR count). The van der Waals surface area contributed by atoms with Crippen LogP contribution in [0.25, 0.3) is 22.2 Å². The number of nitrogens with one attached hydrogen (secondary N) is 3. The lowest BCUT2D eigenvalue weighted by Crippen LogP contribution is -2.33. The second-order valence-electron chi connectivity index (χ2n) is 4.81. The second kappa shape index (κ2) is 5.28. The minimum absolute atomic E-state index is 0.0571. The first kappa shape index (κ1) is 13.2. The first-order chi connectivity index (χ1) is 10.2. The van der Waals surface area contributed by atoms with Crippen LogP contribution in [0.15, 0.2) is 30.5 Å². The summed E-state index contributed by atoms with van der Waals surface area (Å²) < 4.78 is 0. The van der Waals surface area contributed by atoms with E-state index in [9.17, 15) is 4.79 Å². The van der Waals surface area contributed by atoms with Crippen LogP contribution < -0.4 is 10.2 Å². The van der Waals surface area contributed by atoms with E-state index in [1.165, 1.54) is 0 Å². The average molecular weight is 284 g/mol. The van der Waals surface area contributed by atoms with Gasteiger partial charge in [0.15, 0.2) is 5.82 Å². The van der Waals surface area contributed by atoms with E-state index in [1.54, 1.807) is 13.2 Å². The van der Waals surface area contributed by atoms with E-state index < -0.39 is 0 Å². The van der Waals surface area contributed by atoms with Crippen LogP contribution in [-0.4, -0.2) is 46.9 Å². The molecule has 0 spiro atoms. The molecule has 21 heavy (non-hydrogen) atoms. The fraction of sp³-hybridized carbons (Fsp3) is 0.214. The van der Waals surface area contributed by atoms with Crippen LogP contribution in [0.4, 0.5) is 5.82 Å². The molecule has 0 saturated heterocycles. The van der Waals surface area contributed by atoms with E-state index in [1.807, 2.05) is 36.2 Å². The number of H-pyrrole nitrogens is 2. The Labute approximate surface area is 121 Å². The van der Waals surface area contributed by atoms with Gasteiger partial charge < -0.3 is 10.2 Å². The maximum absolute atomic E-state index is 11.5. The minimum Gasteiger partial charge on any atom is -0.358 e. The number of benzene rings is 1. The van der Waals surface area contributed by atoms with Crippen LogP contribution in [0.5, 0.6) is 0 Å². The molecule has 0 aliphatic carbocycles. The number of hydrogen-bond donors (Lipinski definition) is 3. The van der Waals surface area contributed by atoms with Crippen LogP contribution in [0.1, 0.15) is 0 Å². The Kier molecular flexibility index (Phi) is 3.31. The van der Waals surface area contributed by atoms with Gasteiger partial charge in [-0.05, 0) is 18.2 Å². The first-order valence-corrected chi connectivity index (χ1v) is 6.58. The summed E-state index contributed by atoms with van der Waals surface area (Å²) in [5, 5.41) is 17.8. The lowest BCUT2D eigenvalue weighted by molar-refractivity contribution is -0.119. The number of amides is 1. The molecular weight excluding hydrogens is 268 g/mol. The van der Waals surface area contributed by atoms with Crippen molar-refractivity contribution in [2.45, 2.75) is 0 Å². The molecule has 108 valence electrons. The fourth-order valence-electron chi connectivity index (χ4n) is 2.24. The number of nitrogens with zero attached hydrogens (tertiary/aromatic N) is 3. The van der Waals surface area contributed by atoms with E-state index >= 15 is 0 Å². The van der Waals surface area contributed by atoms with Gasteiger partial charge in [-0.1, -0.05) is 6.07 Å². The molecule has 2 heterocycles. The largest absolute Gasteiger partial charge is 0.358 e. The fourth-order valence-corrected chi connectivity index (χ4v) is 2.24. The molecule has 0 bridgehead atoms. The van der Waals surface area contributed by atoms with Crippen molar-refractivity contribution in [2.75, 3.05) is 25.5 Å². The number of rotatable bonds is 4. The molecule has 0 radical (unpaired) electrons. The van der Waals surface area contributed by atoms with Crippen LogP contribution in [0.3, 0.4) is 0 Å². The van der Waals surface area contributed by atoms with Crippen LogP contribution in [0, 0.1) is 0 Å². The molecule has 0 atom stereocenters. The van der Waals surface area contributed by atoms with Crippen molar-refractivity contribution in [1.82, 2.24) is 25.7 Å². The lowest BCUT2D eigenvalue weighted by atomic mass is 10.1. The summed E-state index contributed by atoms with van der Waals surface area (Å²) >= 11 is 0. The zero-order valence-electron chi connectivity index (χ0n) is 11.8. The van der Waals surface area contributed by atoms with Crippen molar-refractivity contribution < 1.29 is 4.79 Å². The maximum Gasteiger partial charge on any atom is 0.239 e. The Morgan fingerprint density at radius 3 is 2.90 bits per heavy atom. The number of anilines is 1. The molecule has 3 aromatic rings. The highest BCUT2D eigenvalue weighted by atomic mass is 16.1. The molecule has 0 saturated carbocycles. The molecular formula is C14H16N6O. The van der Waals surface area contributed by atoms with Gasteiger partial charge in [0, 0.05) is 31.2 Å². The van der Waals surface area contributed by atoms with E-state index in [4.69, 9.17) is 0 Å². The normalized spacial score (nSPS) is 10.8. The van der Waals surface area contributed by atoms with E-state index in [-0.39, 0.29) is 12.5 Å². The molecule has 0 aliphatic rings. The number of aromatic nitrogens is 4. The summed E-state index contributed by atoms with van der Waals surface area (Å²) in [6, 6.07) is 7.91. The van der Waals surface area contributed by atoms with Gasteiger partial charge in [0.05, 0.1) is 17.8 Å². The summed E-state index contributed by atoms with van der Waals surface area (Å²) in [7, 11) is 3.46. The summed E-state index contributed by atoms with van der Waals surface area (Å²) in [6.07, 6.45) is 1.72. The molecule has 7 nitrogen and oxygen atoms in total. The Balaban J connectivity index is 2.00. The third kappa shape index (κ3) is 2.45. The first-order valence-electron chi connectivity index (χ1n) is 6.58. The van der Waals surface area contributed by atoms with Gasteiger partial charge in [-0.25, -0.2) is 0 Å². The minimum atomic E-state index is -0.0571. The maximum atomic E-state index is 11.5. The van der Waals surface area contributed by atoms with Crippen LogP contribution in [0.2, 0.25) is 0 Å². The molecule has 1 aromatic carbocycles. The van der Waals surface area contributed by atoms with Gasteiger partial charge >= 0.3 is 0 Å². The predicted molar refractivity (Wildman–Crippen MR) is 81.0 cm³/mol. The second-order valence-corrected chi connectivity index (χ2v) is 4.81. The zero-order valence-corrected chi connectivity index (χ0v) is 11.8. The molecule has 2 aromatic heterocycles. The van der Waals surface area contributed by atoms with Crippen molar-refractivity contribution in [1.29, 1.82) is 0 Å². The number of fused-ring (bicyclic) bond motifs is 1. The van der Waals surface area contributed by atoms with Gasteiger partial charge in [-0.3, -0.25) is 15.0 Å². The number of carbonyl (C=O) groups excluding carboxylic acids is 1. The smallest absolute Gasteiger partial charge is 0.239 e. The zero-order chi connectivity index (χ0) is 14.8. The van der Waals surface area contributed by atoms with E-state index in [2.05, 4.69) is 25.7 Å². The summed E-state index contributed by atoms with van der Waals surface area (Å²) in [5.41, 5.74) is 2.89. The molecule has 7 heteroatoms. The quantitative estimate of drug-likeness (QED) is 0.670.